The maximum absolute atomic E-state index is 11.9. The average molecular weight is 252 g/mol. The van der Waals surface area contributed by atoms with Crippen LogP contribution in [0.1, 0.15) is 0 Å². The lowest BCUT2D eigenvalue weighted by atomic mass is 10.2. The zero-order chi connectivity index (χ0) is 13.3. The molecule has 1 aromatic carbocycles. The van der Waals surface area contributed by atoms with Gasteiger partial charge < -0.3 is 24.8 Å². The van der Waals surface area contributed by atoms with Gasteiger partial charge in [-0.2, -0.15) is 0 Å². The number of carbonyl (C=O) groups is 1. The molecule has 98 valence electrons. The van der Waals surface area contributed by atoms with E-state index in [1.165, 1.54) is 12.0 Å². The number of ether oxygens (including phenoxy) is 3. The van der Waals surface area contributed by atoms with Crippen LogP contribution in [0.3, 0.4) is 0 Å². The molecule has 1 heterocycles. The Morgan fingerprint density at radius 3 is 2.56 bits per heavy atom. The van der Waals surface area contributed by atoms with Crippen LogP contribution in [0.5, 0.6) is 17.2 Å². The van der Waals surface area contributed by atoms with E-state index >= 15 is 0 Å². The van der Waals surface area contributed by atoms with Crippen LogP contribution < -0.4 is 24.8 Å². The lowest BCUT2D eigenvalue weighted by molar-refractivity contribution is -0.119. The predicted molar refractivity (Wildman–Crippen MR) is 66.4 cm³/mol. The van der Waals surface area contributed by atoms with Gasteiger partial charge in [0.05, 0.1) is 19.9 Å². The fourth-order valence-electron chi connectivity index (χ4n) is 1.85. The molecule has 6 heteroatoms. The number of rotatable bonds is 2. The highest BCUT2D eigenvalue weighted by Gasteiger charge is 2.28. The van der Waals surface area contributed by atoms with Crippen molar-refractivity contribution in [2.75, 3.05) is 32.8 Å². The topological polar surface area (TPSA) is 74.0 Å². The van der Waals surface area contributed by atoms with E-state index in [1.807, 2.05) is 0 Å². The van der Waals surface area contributed by atoms with Gasteiger partial charge >= 0.3 is 0 Å². The van der Waals surface area contributed by atoms with Crippen LogP contribution in [0, 0.1) is 0 Å². The minimum absolute atomic E-state index is 0.145. The highest BCUT2D eigenvalue weighted by molar-refractivity contribution is 5.99. The summed E-state index contributed by atoms with van der Waals surface area (Å²) in [6.45, 7) is 0.145. The molecule has 2 N–H and O–H groups in total. The van der Waals surface area contributed by atoms with Gasteiger partial charge in [-0.25, -0.2) is 0 Å². The van der Waals surface area contributed by atoms with Crippen molar-refractivity contribution in [1.82, 2.24) is 0 Å². The van der Waals surface area contributed by atoms with Crippen molar-refractivity contribution in [1.29, 1.82) is 0 Å². The van der Waals surface area contributed by atoms with E-state index in [-0.39, 0.29) is 12.5 Å². The van der Waals surface area contributed by atoms with Crippen LogP contribution in [0.4, 0.5) is 5.69 Å². The Morgan fingerprint density at radius 2 is 1.94 bits per heavy atom. The summed E-state index contributed by atoms with van der Waals surface area (Å²) in [5, 5.41) is 0. The lowest BCUT2D eigenvalue weighted by Crippen LogP contribution is -2.43. The SMILES string of the molecule is COc1cc2c(cc1OC)N(C)C(=O)[C@@H](N)CO2. The minimum Gasteiger partial charge on any atom is -0.493 e. The molecule has 0 bridgehead atoms. The summed E-state index contributed by atoms with van der Waals surface area (Å²) in [6, 6.07) is 2.72. The Hall–Kier alpha value is -1.95. The van der Waals surface area contributed by atoms with Crippen molar-refractivity contribution in [2.45, 2.75) is 6.04 Å². The Morgan fingerprint density at radius 1 is 1.33 bits per heavy atom. The quantitative estimate of drug-likeness (QED) is 0.824. The van der Waals surface area contributed by atoms with Gasteiger partial charge in [0.2, 0.25) is 5.91 Å². The number of benzene rings is 1. The fraction of sp³-hybridized carbons (Fsp3) is 0.417. The molecule has 0 aliphatic carbocycles. The third-order valence-corrected chi connectivity index (χ3v) is 2.89. The van der Waals surface area contributed by atoms with E-state index in [0.29, 0.717) is 22.9 Å². The second-order valence-corrected chi connectivity index (χ2v) is 3.99. The lowest BCUT2D eigenvalue weighted by Gasteiger charge is -2.19. The number of likely N-dealkylation sites (N-methyl/N-ethyl adjacent to an activating group) is 1. The van der Waals surface area contributed by atoms with Crippen LogP contribution >= 0.6 is 0 Å². The van der Waals surface area contributed by atoms with Gasteiger partial charge in [0.15, 0.2) is 11.5 Å². The van der Waals surface area contributed by atoms with Gasteiger partial charge in [0.1, 0.15) is 18.4 Å². The number of hydrogen-bond donors (Lipinski definition) is 1. The van der Waals surface area contributed by atoms with Crippen molar-refractivity contribution < 1.29 is 19.0 Å². The Labute approximate surface area is 105 Å². The molecule has 2 rings (SSSR count). The summed E-state index contributed by atoms with van der Waals surface area (Å²) in [5.41, 5.74) is 6.33. The zero-order valence-electron chi connectivity index (χ0n) is 10.6. The number of nitrogens with zero attached hydrogens (tertiary/aromatic N) is 1. The van der Waals surface area contributed by atoms with E-state index in [2.05, 4.69) is 0 Å². The molecule has 0 saturated heterocycles. The largest absolute Gasteiger partial charge is 0.493 e. The molecule has 1 aliphatic heterocycles. The standard InChI is InChI=1S/C12H16N2O4/c1-14-8-4-10(16-2)11(17-3)5-9(8)18-6-7(13)12(14)15/h4-5,7H,6,13H2,1-3H3/t7-/m0/s1. The Bertz CT molecular complexity index is 475. The highest BCUT2D eigenvalue weighted by atomic mass is 16.5. The summed E-state index contributed by atoms with van der Waals surface area (Å²) < 4.78 is 15.9. The number of nitrogens with two attached hydrogens (primary N) is 1. The van der Waals surface area contributed by atoms with Crippen LogP contribution in [0.2, 0.25) is 0 Å². The maximum Gasteiger partial charge on any atom is 0.247 e. The third kappa shape index (κ3) is 1.95. The van der Waals surface area contributed by atoms with Crippen LogP contribution in [-0.2, 0) is 4.79 Å². The van der Waals surface area contributed by atoms with Crippen molar-refractivity contribution in [3.8, 4) is 17.2 Å². The van der Waals surface area contributed by atoms with Crippen molar-refractivity contribution in [3.63, 3.8) is 0 Å². The number of anilines is 1. The zero-order valence-corrected chi connectivity index (χ0v) is 10.6. The average Bonchev–Trinajstić information content (AvgIpc) is 2.50. The summed E-state index contributed by atoms with van der Waals surface area (Å²) >= 11 is 0. The molecule has 1 aliphatic rings. The molecule has 0 spiro atoms. The molecular weight excluding hydrogens is 236 g/mol. The Balaban J connectivity index is 2.52. The summed E-state index contributed by atoms with van der Waals surface area (Å²) in [5.74, 6) is 1.44. The van der Waals surface area contributed by atoms with Crippen LogP contribution in [0.15, 0.2) is 12.1 Å². The third-order valence-electron chi connectivity index (χ3n) is 2.89. The van der Waals surface area contributed by atoms with Crippen LogP contribution in [0.25, 0.3) is 0 Å². The summed E-state index contributed by atoms with van der Waals surface area (Å²) in [6.07, 6.45) is 0. The molecule has 0 radical (unpaired) electrons. The van der Waals surface area contributed by atoms with Gasteiger partial charge in [-0.3, -0.25) is 4.79 Å². The summed E-state index contributed by atoms with van der Waals surface area (Å²) in [7, 11) is 4.73. The molecule has 1 aromatic rings. The van der Waals surface area contributed by atoms with Gasteiger partial charge in [-0.05, 0) is 0 Å². The van der Waals surface area contributed by atoms with E-state index in [0.717, 1.165) is 0 Å². The van der Waals surface area contributed by atoms with Gasteiger partial charge in [-0.1, -0.05) is 0 Å². The smallest absolute Gasteiger partial charge is 0.247 e. The second kappa shape index (κ2) is 4.73. The molecule has 1 amide bonds. The molecule has 0 saturated carbocycles. The first kappa shape index (κ1) is 12.5. The molecule has 0 unspecified atom stereocenters. The fourth-order valence-corrected chi connectivity index (χ4v) is 1.85. The van der Waals surface area contributed by atoms with Gasteiger partial charge in [-0.15, -0.1) is 0 Å². The van der Waals surface area contributed by atoms with Crippen molar-refractivity contribution in [3.05, 3.63) is 12.1 Å². The predicted octanol–water partition coefficient (Wildman–Crippen LogP) is 0.386. The molecule has 0 aromatic heterocycles. The molecular formula is C12H16N2O4. The Kier molecular flexibility index (Phi) is 3.29. The molecule has 1 atom stereocenters. The molecule has 6 nitrogen and oxygen atoms in total. The van der Waals surface area contributed by atoms with E-state index in [1.54, 1.807) is 26.3 Å². The molecule has 18 heavy (non-hydrogen) atoms. The van der Waals surface area contributed by atoms with Gasteiger partial charge in [0.25, 0.3) is 0 Å². The number of carbonyl (C=O) groups excluding carboxylic acids is 1. The number of amides is 1. The number of fused-ring (bicyclic) bond motifs is 1. The monoisotopic (exact) mass is 252 g/mol. The molecule has 0 fully saturated rings. The van der Waals surface area contributed by atoms with Gasteiger partial charge in [0, 0.05) is 19.2 Å². The second-order valence-electron chi connectivity index (χ2n) is 3.99. The van der Waals surface area contributed by atoms with Crippen molar-refractivity contribution in [2.24, 2.45) is 5.73 Å². The van der Waals surface area contributed by atoms with E-state index < -0.39 is 6.04 Å². The van der Waals surface area contributed by atoms with Crippen molar-refractivity contribution >= 4 is 11.6 Å². The number of hydrogen-bond acceptors (Lipinski definition) is 5. The van der Waals surface area contributed by atoms with E-state index in [4.69, 9.17) is 19.9 Å². The first-order valence-corrected chi connectivity index (χ1v) is 5.50. The summed E-state index contributed by atoms with van der Waals surface area (Å²) in [4.78, 5) is 13.4. The van der Waals surface area contributed by atoms with E-state index in [9.17, 15) is 4.79 Å². The minimum atomic E-state index is -0.667. The number of methoxy groups -OCH3 is 2. The first-order chi connectivity index (χ1) is 8.58. The highest BCUT2D eigenvalue weighted by Crippen LogP contribution is 2.40. The maximum atomic E-state index is 11.9. The normalized spacial score (nSPS) is 18.8. The first-order valence-electron chi connectivity index (χ1n) is 5.50. The van der Waals surface area contributed by atoms with Crippen LogP contribution in [-0.4, -0.2) is 39.8 Å².